The summed E-state index contributed by atoms with van der Waals surface area (Å²) in [5.74, 6) is 8.87. The molecule has 6 nitrogen and oxygen atoms in total. The van der Waals surface area contributed by atoms with Gasteiger partial charge in [0.1, 0.15) is 0 Å². The molecule has 48 heavy (non-hydrogen) atoms. The Balaban J connectivity index is 1.08. The summed E-state index contributed by atoms with van der Waals surface area (Å²) in [6.45, 7) is 0.220. The van der Waals surface area contributed by atoms with Crippen molar-refractivity contribution < 1.29 is 0 Å². The molecule has 0 saturated carbocycles. The van der Waals surface area contributed by atoms with Gasteiger partial charge in [-0.15, -0.1) is 0 Å². The van der Waals surface area contributed by atoms with Crippen LogP contribution < -0.4 is 0 Å². The lowest BCUT2D eigenvalue weighted by Gasteiger charge is -2.55. The number of rotatable bonds is 5. The van der Waals surface area contributed by atoms with Crippen molar-refractivity contribution in [3.05, 3.63) is 187 Å². The van der Waals surface area contributed by atoms with E-state index in [4.69, 9.17) is 15.0 Å². The van der Waals surface area contributed by atoms with Crippen LogP contribution >= 0.6 is 0 Å². The first-order chi connectivity index (χ1) is 23.8. The van der Waals surface area contributed by atoms with Crippen molar-refractivity contribution in [2.75, 3.05) is 0 Å². The van der Waals surface area contributed by atoms with Crippen LogP contribution in [0.4, 0.5) is 0 Å². The number of benzene rings is 4. The third-order valence-corrected chi connectivity index (χ3v) is 9.24. The Labute approximate surface area is 281 Å². The number of hydrogen-bond donors (Lipinski definition) is 0. The Kier molecular flexibility index (Phi) is 7.01. The zero-order valence-electron chi connectivity index (χ0n) is 26.2. The lowest BCUT2D eigenvalue weighted by Crippen LogP contribution is -2.74. The molecule has 0 atom stereocenters. The van der Waals surface area contributed by atoms with Gasteiger partial charge in [0, 0.05) is 22.4 Å². The molecule has 0 bridgehead atoms. The summed E-state index contributed by atoms with van der Waals surface area (Å²) in [6, 6.07) is 39.4. The maximum atomic E-state index is 4.94. The molecule has 0 spiro atoms. The molecule has 1 fully saturated rings. The molecular weight excluding hydrogens is 585 g/mol. The molecule has 1 saturated heterocycles. The number of allylic oxidation sites excluding steroid dienone is 6. The first-order valence-electron chi connectivity index (χ1n) is 16.3. The molecule has 224 valence electrons. The van der Waals surface area contributed by atoms with Gasteiger partial charge in [-0.1, -0.05) is 151 Å². The molecule has 5 heterocycles. The molecular formula is C39H29B3N6. The Morgan fingerprint density at radius 1 is 0.438 bits per heavy atom. The molecule has 0 amide bonds. The number of nitrogens with zero attached hydrogens (tertiary/aromatic N) is 6. The Morgan fingerprint density at radius 3 is 1.58 bits per heavy atom. The number of fused-ring (bicyclic) bond motifs is 6. The number of hydrogen-bond acceptors (Lipinski definition) is 6. The van der Waals surface area contributed by atoms with Crippen LogP contribution in [0.3, 0.4) is 0 Å². The summed E-state index contributed by atoms with van der Waals surface area (Å²) in [5, 5.41) is 0. The van der Waals surface area contributed by atoms with Gasteiger partial charge in [-0.2, -0.15) is 0 Å². The van der Waals surface area contributed by atoms with E-state index in [2.05, 4.69) is 129 Å². The second kappa shape index (κ2) is 11.9. The van der Waals surface area contributed by atoms with Gasteiger partial charge in [-0.25, -0.2) is 15.0 Å². The third-order valence-electron chi connectivity index (χ3n) is 9.24. The molecule has 4 aliphatic heterocycles. The van der Waals surface area contributed by atoms with Crippen LogP contribution in [0.15, 0.2) is 176 Å². The van der Waals surface area contributed by atoms with Crippen LogP contribution in [0.25, 0.3) is 45.4 Å². The van der Waals surface area contributed by atoms with Gasteiger partial charge >= 0.3 is 20.9 Å². The average molecular weight is 614 g/mol. The molecule has 0 N–H and O–H groups in total. The van der Waals surface area contributed by atoms with Crippen molar-refractivity contribution in [2.24, 2.45) is 0 Å². The van der Waals surface area contributed by atoms with Crippen molar-refractivity contribution in [3.8, 4) is 34.2 Å². The van der Waals surface area contributed by atoms with Crippen molar-refractivity contribution in [1.29, 1.82) is 0 Å². The van der Waals surface area contributed by atoms with Crippen molar-refractivity contribution in [3.63, 3.8) is 0 Å². The maximum absolute atomic E-state index is 4.94. The van der Waals surface area contributed by atoms with Crippen LogP contribution in [0.5, 0.6) is 0 Å². The highest BCUT2D eigenvalue weighted by molar-refractivity contribution is 6.92. The van der Waals surface area contributed by atoms with Gasteiger partial charge in [0.2, 0.25) is 0 Å². The molecule has 9 heteroatoms. The minimum Gasteiger partial charge on any atom is -0.423 e. The van der Waals surface area contributed by atoms with E-state index in [-0.39, 0.29) is 20.9 Å². The fourth-order valence-corrected chi connectivity index (χ4v) is 6.92. The van der Waals surface area contributed by atoms with E-state index in [0.717, 1.165) is 28.0 Å². The van der Waals surface area contributed by atoms with E-state index in [0.29, 0.717) is 17.5 Å². The Morgan fingerprint density at radius 2 is 0.958 bits per heavy atom. The SMILES string of the molecule is C1=CB2N(C=C1)B1C=CC(c3ccccc3)=CN1B1C=CC=C(c3ccc(-c4nc(-c5ccccc5)nc(-c5ccccc5)n4)cc3)N21. The normalized spacial score (nSPS) is 16.0. The molecule has 9 rings (SSSR count). The van der Waals surface area contributed by atoms with Crippen LogP contribution in [0.2, 0.25) is 0 Å². The summed E-state index contributed by atoms with van der Waals surface area (Å²) in [5.41, 5.74) is 7.58. The highest BCUT2D eigenvalue weighted by Gasteiger charge is 2.51. The van der Waals surface area contributed by atoms with Crippen molar-refractivity contribution in [2.45, 2.75) is 0 Å². The van der Waals surface area contributed by atoms with Crippen LogP contribution in [0.1, 0.15) is 11.1 Å². The van der Waals surface area contributed by atoms with Gasteiger partial charge in [-0.3, -0.25) is 0 Å². The standard InChI is InChI=1S/C39H29B3N6/c1-4-13-30(14-5-1)35-24-27-40-46-28-11-10-25-41(46)48-36(19-12-26-42(48)47(40)29-35)31-20-22-34(23-21-31)39-44-37(32-15-6-2-7-16-32)43-38(45-39)33-17-8-3-9-18-33/h1-29H. The van der Waals surface area contributed by atoms with E-state index in [1.165, 1.54) is 11.1 Å². The van der Waals surface area contributed by atoms with Crippen LogP contribution in [0, 0.1) is 0 Å². The molecule has 5 aromatic rings. The van der Waals surface area contributed by atoms with E-state index in [1.807, 2.05) is 60.7 Å². The summed E-state index contributed by atoms with van der Waals surface area (Å²) < 4.78 is 7.39. The highest BCUT2D eigenvalue weighted by atomic mass is 15.3. The molecule has 0 aliphatic carbocycles. The average Bonchev–Trinajstić information content (AvgIpc) is 3.18. The first kappa shape index (κ1) is 28.2. The van der Waals surface area contributed by atoms with Gasteiger partial charge in [0.15, 0.2) is 17.5 Å². The lowest BCUT2D eigenvalue weighted by molar-refractivity contribution is 0.633. The molecule has 0 unspecified atom stereocenters. The lowest BCUT2D eigenvalue weighted by atomic mass is 9.41. The second-order valence-electron chi connectivity index (χ2n) is 12.1. The summed E-state index contributed by atoms with van der Waals surface area (Å²) in [7, 11) is 0. The van der Waals surface area contributed by atoms with E-state index in [9.17, 15) is 0 Å². The predicted octanol–water partition coefficient (Wildman–Crippen LogP) is 7.48. The van der Waals surface area contributed by atoms with Gasteiger partial charge < -0.3 is 14.2 Å². The highest BCUT2D eigenvalue weighted by Crippen LogP contribution is 2.37. The number of aromatic nitrogens is 3. The smallest absolute Gasteiger partial charge is 0.380 e. The Bertz CT molecular complexity index is 2100. The van der Waals surface area contributed by atoms with Crippen molar-refractivity contribution >= 4 is 32.2 Å². The minimum absolute atomic E-state index is 0.0427. The third kappa shape index (κ3) is 5.01. The van der Waals surface area contributed by atoms with Crippen LogP contribution in [-0.2, 0) is 0 Å². The van der Waals surface area contributed by atoms with Gasteiger partial charge in [0.05, 0.1) is 0 Å². The predicted molar refractivity (Wildman–Crippen MR) is 198 cm³/mol. The summed E-state index contributed by atoms with van der Waals surface area (Å²) in [4.78, 5) is 14.7. The maximum Gasteiger partial charge on any atom is 0.380 e. The minimum atomic E-state index is 0.0427. The summed E-state index contributed by atoms with van der Waals surface area (Å²) in [6.07, 6.45) is 15.5. The topological polar surface area (TPSA) is 48.4 Å². The van der Waals surface area contributed by atoms with Gasteiger partial charge in [-0.05, 0) is 41.3 Å². The quantitative estimate of drug-likeness (QED) is 0.192. The molecule has 1 aromatic heterocycles. The second-order valence-corrected chi connectivity index (χ2v) is 12.1. The zero-order valence-corrected chi connectivity index (χ0v) is 26.2. The van der Waals surface area contributed by atoms with Gasteiger partial charge in [0.25, 0.3) is 0 Å². The van der Waals surface area contributed by atoms with E-state index in [1.54, 1.807) is 0 Å². The molecule has 0 radical (unpaired) electrons. The first-order valence-corrected chi connectivity index (χ1v) is 16.3. The Hall–Kier alpha value is -6.08. The zero-order chi connectivity index (χ0) is 31.9. The summed E-state index contributed by atoms with van der Waals surface area (Å²) >= 11 is 0. The molecule has 4 aliphatic rings. The van der Waals surface area contributed by atoms with Crippen molar-refractivity contribution in [1.82, 2.24) is 29.1 Å². The fourth-order valence-electron chi connectivity index (χ4n) is 6.92. The largest absolute Gasteiger partial charge is 0.423 e. The van der Waals surface area contributed by atoms with Crippen LogP contribution in [-0.4, -0.2) is 50.1 Å². The molecule has 4 aromatic carbocycles. The van der Waals surface area contributed by atoms with E-state index < -0.39 is 0 Å². The monoisotopic (exact) mass is 614 g/mol. The van der Waals surface area contributed by atoms with E-state index >= 15 is 0 Å². The fraction of sp³-hybridized carbons (Fsp3) is 0.